The van der Waals surface area contributed by atoms with Gasteiger partial charge < -0.3 is 15.5 Å². The van der Waals surface area contributed by atoms with Crippen LogP contribution in [0, 0.1) is 0 Å². The van der Waals surface area contributed by atoms with Crippen molar-refractivity contribution in [2.75, 3.05) is 42.2 Å². The van der Waals surface area contributed by atoms with Crippen molar-refractivity contribution in [3.63, 3.8) is 0 Å². The van der Waals surface area contributed by atoms with Crippen molar-refractivity contribution in [2.24, 2.45) is 0 Å². The van der Waals surface area contributed by atoms with E-state index in [1.807, 2.05) is 11.9 Å². The molecule has 0 saturated heterocycles. The minimum Gasteiger partial charge on any atom is -0.354 e. The van der Waals surface area contributed by atoms with Gasteiger partial charge in [0.1, 0.15) is 0 Å². The summed E-state index contributed by atoms with van der Waals surface area (Å²) in [6, 6.07) is 0. The second kappa shape index (κ2) is 7.68. The van der Waals surface area contributed by atoms with E-state index in [1.165, 1.54) is 0 Å². The third kappa shape index (κ3) is 4.35. The Labute approximate surface area is 109 Å². The van der Waals surface area contributed by atoms with E-state index in [4.69, 9.17) is 0 Å². The van der Waals surface area contributed by atoms with Crippen LogP contribution in [0.15, 0.2) is 0 Å². The van der Waals surface area contributed by atoms with E-state index < -0.39 is 0 Å². The predicted octanol–water partition coefficient (Wildman–Crippen LogP) is 1.97. The van der Waals surface area contributed by atoms with Gasteiger partial charge >= 0.3 is 0 Å². The van der Waals surface area contributed by atoms with E-state index in [1.54, 1.807) is 0 Å². The van der Waals surface area contributed by atoms with Gasteiger partial charge in [0.2, 0.25) is 17.8 Å². The summed E-state index contributed by atoms with van der Waals surface area (Å²) >= 11 is 0. The molecule has 1 rings (SSSR count). The smallest absolute Gasteiger partial charge is 0.231 e. The van der Waals surface area contributed by atoms with Gasteiger partial charge in [0.05, 0.1) is 0 Å². The number of hydrogen-bond donors (Lipinski definition) is 2. The van der Waals surface area contributed by atoms with Crippen LogP contribution in [0.2, 0.25) is 0 Å². The van der Waals surface area contributed by atoms with Gasteiger partial charge in [-0.2, -0.15) is 15.0 Å². The van der Waals surface area contributed by atoms with Crippen LogP contribution in [0.25, 0.3) is 0 Å². The zero-order valence-corrected chi connectivity index (χ0v) is 11.8. The Bertz CT molecular complexity index is 328. The van der Waals surface area contributed by atoms with Gasteiger partial charge in [0.25, 0.3) is 0 Å². The van der Waals surface area contributed by atoms with Crippen molar-refractivity contribution >= 4 is 17.8 Å². The van der Waals surface area contributed by atoms with Crippen LogP contribution < -0.4 is 15.5 Å². The summed E-state index contributed by atoms with van der Waals surface area (Å²) in [4.78, 5) is 15.2. The molecule has 0 saturated carbocycles. The first-order valence-corrected chi connectivity index (χ1v) is 6.66. The number of nitrogens with zero attached hydrogens (tertiary/aromatic N) is 4. The number of hydrogen-bond acceptors (Lipinski definition) is 6. The second-order valence-corrected chi connectivity index (χ2v) is 4.15. The zero-order valence-electron chi connectivity index (χ0n) is 11.8. The summed E-state index contributed by atoms with van der Waals surface area (Å²) in [5, 5.41) is 6.40. The average Bonchev–Trinajstić information content (AvgIpc) is 2.41. The van der Waals surface area contributed by atoms with Crippen LogP contribution in [0.4, 0.5) is 17.8 Å². The first-order valence-electron chi connectivity index (χ1n) is 6.66. The highest BCUT2D eigenvalue weighted by molar-refractivity contribution is 5.43. The largest absolute Gasteiger partial charge is 0.354 e. The zero-order chi connectivity index (χ0) is 13.4. The van der Waals surface area contributed by atoms with Gasteiger partial charge in [-0.25, -0.2) is 0 Å². The molecule has 0 aliphatic heterocycles. The Hall–Kier alpha value is -1.59. The van der Waals surface area contributed by atoms with E-state index in [2.05, 4.69) is 46.4 Å². The van der Waals surface area contributed by atoms with Crippen LogP contribution >= 0.6 is 0 Å². The lowest BCUT2D eigenvalue weighted by Crippen LogP contribution is -2.21. The molecular formula is C12H24N6. The molecule has 0 spiro atoms. The molecule has 18 heavy (non-hydrogen) atoms. The Balaban J connectivity index is 2.88. The maximum Gasteiger partial charge on any atom is 0.231 e. The minimum atomic E-state index is 0.640. The highest BCUT2D eigenvalue weighted by Gasteiger charge is 2.08. The summed E-state index contributed by atoms with van der Waals surface area (Å²) < 4.78 is 0. The molecule has 0 aliphatic rings. The Kier molecular flexibility index (Phi) is 6.18. The quantitative estimate of drug-likeness (QED) is 0.737. The summed E-state index contributed by atoms with van der Waals surface area (Å²) in [6.45, 7) is 8.90. The second-order valence-electron chi connectivity index (χ2n) is 4.15. The summed E-state index contributed by atoms with van der Waals surface area (Å²) in [7, 11) is 1.97. The maximum absolute atomic E-state index is 4.40. The SMILES string of the molecule is CCCNc1nc(NCCC)nc(N(C)CC)n1. The van der Waals surface area contributed by atoms with Crippen molar-refractivity contribution in [3.8, 4) is 0 Å². The molecule has 0 unspecified atom stereocenters. The van der Waals surface area contributed by atoms with Crippen molar-refractivity contribution in [2.45, 2.75) is 33.6 Å². The van der Waals surface area contributed by atoms with Crippen molar-refractivity contribution in [1.29, 1.82) is 0 Å². The first-order chi connectivity index (χ1) is 8.71. The van der Waals surface area contributed by atoms with E-state index in [9.17, 15) is 0 Å². The lowest BCUT2D eigenvalue weighted by Gasteiger charge is -2.16. The number of anilines is 3. The predicted molar refractivity (Wildman–Crippen MR) is 76.3 cm³/mol. The number of aromatic nitrogens is 3. The van der Waals surface area contributed by atoms with Crippen LogP contribution in [0.1, 0.15) is 33.6 Å². The molecule has 0 fully saturated rings. The molecule has 6 heteroatoms. The molecule has 1 heterocycles. The Morgan fingerprint density at radius 2 is 1.39 bits per heavy atom. The van der Waals surface area contributed by atoms with Crippen molar-refractivity contribution in [1.82, 2.24) is 15.0 Å². The molecule has 0 atom stereocenters. The molecule has 0 aliphatic carbocycles. The molecule has 0 radical (unpaired) electrons. The number of nitrogens with one attached hydrogen (secondary N) is 2. The lowest BCUT2D eigenvalue weighted by molar-refractivity contribution is 0.865. The van der Waals surface area contributed by atoms with E-state index in [0.29, 0.717) is 17.8 Å². The Morgan fingerprint density at radius 3 is 1.78 bits per heavy atom. The van der Waals surface area contributed by atoms with E-state index >= 15 is 0 Å². The maximum atomic E-state index is 4.40. The van der Waals surface area contributed by atoms with Gasteiger partial charge in [0.15, 0.2) is 0 Å². The highest BCUT2D eigenvalue weighted by atomic mass is 15.3. The Morgan fingerprint density at radius 1 is 0.889 bits per heavy atom. The normalized spacial score (nSPS) is 10.2. The fourth-order valence-electron chi connectivity index (χ4n) is 1.31. The van der Waals surface area contributed by atoms with Crippen LogP contribution in [-0.2, 0) is 0 Å². The molecule has 1 aromatic rings. The average molecular weight is 252 g/mol. The fourth-order valence-corrected chi connectivity index (χ4v) is 1.31. The summed E-state index contributed by atoms with van der Waals surface area (Å²) in [6.07, 6.45) is 2.09. The molecule has 2 N–H and O–H groups in total. The lowest BCUT2D eigenvalue weighted by atomic mass is 10.5. The van der Waals surface area contributed by atoms with Gasteiger partial charge in [-0.15, -0.1) is 0 Å². The van der Waals surface area contributed by atoms with Gasteiger partial charge in [-0.1, -0.05) is 13.8 Å². The van der Waals surface area contributed by atoms with Gasteiger partial charge in [-0.05, 0) is 19.8 Å². The monoisotopic (exact) mass is 252 g/mol. The third-order valence-corrected chi connectivity index (χ3v) is 2.51. The van der Waals surface area contributed by atoms with Gasteiger partial charge in [-0.3, -0.25) is 0 Å². The third-order valence-electron chi connectivity index (χ3n) is 2.51. The molecule has 0 bridgehead atoms. The van der Waals surface area contributed by atoms with E-state index in [-0.39, 0.29) is 0 Å². The van der Waals surface area contributed by atoms with E-state index in [0.717, 1.165) is 32.5 Å². The van der Waals surface area contributed by atoms with Crippen LogP contribution in [0.3, 0.4) is 0 Å². The highest BCUT2D eigenvalue weighted by Crippen LogP contribution is 2.12. The van der Waals surface area contributed by atoms with Crippen molar-refractivity contribution in [3.05, 3.63) is 0 Å². The number of rotatable bonds is 8. The summed E-state index contributed by atoms with van der Waals surface area (Å²) in [5.41, 5.74) is 0. The van der Waals surface area contributed by atoms with Gasteiger partial charge in [0, 0.05) is 26.7 Å². The van der Waals surface area contributed by atoms with Crippen molar-refractivity contribution < 1.29 is 0 Å². The van der Waals surface area contributed by atoms with Crippen LogP contribution in [-0.4, -0.2) is 41.6 Å². The molecule has 102 valence electrons. The fraction of sp³-hybridized carbons (Fsp3) is 0.750. The molecule has 0 aromatic carbocycles. The molecular weight excluding hydrogens is 228 g/mol. The molecule has 6 nitrogen and oxygen atoms in total. The van der Waals surface area contributed by atoms with Crippen LogP contribution in [0.5, 0.6) is 0 Å². The topological polar surface area (TPSA) is 66.0 Å². The molecule has 0 amide bonds. The first kappa shape index (κ1) is 14.5. The minimum absolute atomic E-state index is 0.640. The molecule has 1 aromatic heterocycles. The standard InChI is InChI=1S/C12H24N6/c1-5-8-13-10-15-11(14-9-6-2)17-12(16-10)18(4)7-3/h5-9H2,1-4H3,(H2,13,14,15,16,17). The summed E-state index contributed by atoms with van der Waals surface area (Å²) in [5.74, 6) is 1.98.